The molecular weight excluding hydrogens is 494 g/mol. The third-order valence-electron chi connectivity index (χ3n) is 7.76. The van der Waals surface area contributed by atoms with E-state index in [1.807, 2.05) is 6.07 Å². The lowest BCUT2D eigenvalue weighted by Gasteiger charge is -2.53. The summed E-state index contributed by atoms with van der Waals surface area (Å²) in [5.41, 5.74) is -0.0770. The summed E-state index contributed by atoms with van der Waals surface area (Å²) in [6.45, 7) is 0.453. The molecule has 4 aliphatic rings. The lowest BCUT2D eigenvalue weighted by molar-refractivity contribution is -0.179. The van der Waals surface area contributed by atoms with Gasteiger partial charge in [0.05, 0.1) is 12.0 Å². The lowest BCUT2D eigenvalue weighted by atomic mass is 9.71. The zero-order chi connectivity index (χ0) is 26.5. The highest BCUT2D eigenvalue weighted by molar-refractivity contribution is 6.01. The molecule has 2 aromatic rings. The monoisotopic (exact) mass is 519 g/mol. The first kappa shape index (κ1) is 25.0. The molecule has 2 bridgehead atoms. The number of halogens is 4. The highest BCUT2D eigenvalue weighted by atomic mass is 19.3. The molecule has 4 fully saturated rings. The Morgan fingerprint density at radius 1 is 1.24 bits per heavy atom. The van der Waals surface area contributed by atoms with Gasteiger partial charge in [-0.2, -0.15) is 5.26 Å². The molecule has 1 aromatic carbocycles. The van der Waals surface area contributed by atoms with E-state index in [4.69, 9.17) is 0 Å². The van der Waals surface area contributed by atoms with Crippen LogP contribution in [0.5, 0.6) is 0 Å². The number of benzene rings is 1. The van der Waals surface area contributed by atoms with Gasteiger partial charge >= 0.3 is 0 Å². The minimum Gasteiger partial charge on any atom is -0.356 e. The average Bonchev–Trinajstić information content (AvgIpc) is 3.47. The summed E-state index contributed by atoms with van der Waals surface area (Å²) in [6.07, 6.45) is -2.59. The second-order valence-corrected chi connectivity index (χ2v) is 9.95. The van der Waals surface area contributed by atoms with E-state index in [1.165, 1.54) is 24.3 Å². The Morgan fingerprint density at radius 3 is 2.68 bits per heavy atom. The van der Waals surface area contributed by atoms with E-state index < -0.39 is 60.5 Å². The summed E-state index contributed by atoms with van der Waals surface area (Å²) in [5.74, 6) is -7.02. The quantitative estimate of drug-likeness (QED) is 0.508. The maximum absolute atomic E-state index is 14.9. The van der Waals surface area contributed by atoms with Crippen LogP contribution in [0, 0.1) is 23.2 Å². The molecule has 3 N–H and O–H groups in total. The Morgan fingerprint density at radius 2 is 2.03 bits per heavy atom. The number of nitrogens with one attached hydrogen (secondary N) is 3. The Kier molecular flexibility index (Phi) is 6.33. The average molecular weight is 519 g/mol. The van der Waals surface area contributed by atoms with Crippen molar-refractivity contribution in [3.05, 3.63) is 35.5 Å². The number of alkyl halides is 4. The van der Waals surface area contributed by atoms with Crippen LogP contribution >= 0.6 is 0 Å². The van der Waals surface area contributed by atoms with Crippen molar-refractivity contribution < 1.29 is 31.9 Å². The molecule has 0 spiro atoms. The number of piperidine rings is 2. The van der Waals surface area contributed by atoms with Gasteiger partial charge in [-0.05, 0) is 37.8 Å². The summed E-state index contributed by atoms with van der Waals surface area (Å²) in [5, 5.41) is 14.8. The molecule has 196 valence electrons. The Labute approximate surface area is 209 Å². The predicted molar refractivity (Wildman–Crippen MR) is 123 cm³/mol. The predicted octanol–water partition coefficient (Wildman–Crippen LogP) is 3.27. The van der Waals surface area contributed by atoms with Crippen LogP contribution in [0.25, 0.3) is 10.9 Å². The van der Waals surface area contributed by atoms with E-state index in [0.717, 1.165) is 4.90 Å². The number of nitriles is 1. The standard InChI is InChI=1S/C25H25F4N5O3/c26-21(27)15-2-1-3-18-16(15)9-19(33-18)24(37)34-14-4-5-17(25(28,29)10-14)20(34)23(36)32-13(11-30)8-12-6-7-31-22(12)35/h1-3,9,12-14,17,20-21,33H,4-8,10H2,(H,31,35)(H,32,36). The molecule has 1 saturated carbocycles. The number of carbonyl (C=O) groups is 3. The normalized spacial score (nSPS) is 27.2. The molecule has 5 atom stereocenters. The van der Waals surface area contributed by atoms with Gasteiger partial charge in [0.15, 0.2) is 0 Å². The van der Waals surface area contributed by atoms with Crippen LogP contribution in [0.1, 0.15) is 54.6 Å². The maximum atomic E-state index is 14.9. The summed E-state index contributed by atoms with van der Waals surface area (Å²) >= 11 is 0. The van der Waals surface area contributed by atoms with E-state index in [9.17, 15) is 37.2 Å². The highest BCUT2D eigenvalue weighted by Crippen LogP contribution is 2.49. The number of nitrogens with zero attached hydrogens (tertiary/aromatic N) is 2. The second-order valence-electron chi connectivity index (χ2n) is 9.95. The van der Waals surface area contributed by atoms with Gasteiger partial charge in [0.25, 0.3) is 18.3 Å². The van der Waals surface area contributed by atoms with Crippen molar-refractivity contribution in [2.45, 2.75) is 62.6 Å². The minimum absolute atomic E-state index is 0.0179. The number of hydrogen-bond acceptors (Lipinski definition) is 4. The van der Waals surface area contributed by atoms with Crippen LogP contribution < -0.4 is 10.6 Å². The molecule has 3 saturated heterocycles. The van der Waals surface area contributed by atoms with Gasteiger partial charge in [0.2, 0.25) is 11.8 Å². The molecule has 37 heavy (non-hydrogen) atoms. The van der Waals surface area contributed by atoms with Gasteiger partial charge in [0.1, 0.15) is 17.8 Å². The molecule has 1 aliphatic carbocycles. The van der Waals surface area contributed by atoms with Gasteiger partial charge < -0.3 is 20.5 Å². The molecule has 5 unspecified atom stereocenters. The van der Waals surface area contributed by atoms with Gasteiger partial charge in [-0.3, -0.25) is 14.4 Å². The van der Waals surface area contributed by atoms with E-state index in [0.29, 0.717) is 13.0 Å². The fraction of sp³-hybridized carbons (Fsp3) is 0.520. The van der Waals surface area contributed by atoms with Crippen LogP contribution in [0.15, 0.2) is 24.3 Å². The van der Waals surface area contributed by atoms with Gasteiger partial charge in [-0.15, -0.1) is 0 Å². The molecule has 3 aliphatic heterocycles. The van der Waals surface area contributed by atoms with Crippen molar-refractivity contribution in [1.82, 2.24) is 20.5 Å². The highest BCUT2D eigenvalue weighted by Gasteiger charge is 2.60. The van der Waals surface area contributed by atoms with Crippen LogP contribution in [0.4, 0.5) is 17.6 Å². The number of aromatic nitrogens is 1. The fourth-order valence-electron chi connectivity index (χ4n) is 5.98. The molecule has 1 aromatic heterocycles. The number of rotatable bonds is 6. The second kappa shape index (κ2) is 9.36. The third-order valence-corrected chi connectivity index (χ3v) is 7.76. The number of carbonyl (C=O) groups excluding carboxylic acids is 3. The summed E-state index contributed by atoms with van der Waals surface area (Å²) in [6, 6.07) is 3.75. The molecule has 12 heteroatoms. The van der Waals surface area contributed by atoms with E-state index in [2.05, 4.69) is 15.6 Å². The first-order valence-electron chi connectivity index (χ1n) is 12.2. The third kappa shape index (κ3) is 4.40. The zero-order valence-corrected chi connectivity index (χ0v) is 19.6. The topological polar surface area (TPSA) is 118 Å². The van der Waals surface area contributed by atoms with E-state index in [1.54, 1.807) is 0 Å². The van der Waals surface area contributed by atoms with Crippen molar-refractivity contribution in [2.75, 3.05) is 6.54 Å². The van der Waals surface area contributed by atoms with Crippen LogP contribution in [-0.2, 0) is 9.59 Å². The number of H-pyrrole nitrogens is 1. The lowest BCUT2D eigenvalue weighted by Crippen LogP contribution is -2.68. The van der Waals surface area contributed by atoms with Crippen molar-refractivity contribution >= 4 is 28.6 Å². The van der Waals surface area contributed by atoms with Crippen LogP contribution in [0.2, 0.25) is 0 Å². The molecule has 4 heterocycles. The van der Waals surface area contributed by atoms with Gasteiger partial charge in [-0.1, -0.05) is 12.1 Å². The largest absolute Gasteiger partial charge is 0.356 e. The van der Waals surface area contributed by atoms with Gasteiger partial charge in [-0.25, -0.2) is 17.6 Å². The summed E-state index contributed by atoms with van der Waals surface area (Å²) in [7, 11) is 0. The van der Waals surface area contributed by atoms with Crippen molar-refractivity contribution in [2.24, 2.45) is 11.8 Å². The summed E-state index contributed by atoms with van der Waals surface area (Å²) < 4.78 is 56.8. The van der Waals surface area contributed by atoms with Crippen molar-refractivity contribution in [1.29, 1.82) is 5.26 Å². The Balaban J connectivity index is 1.44. The number of amides is 3. The molecular formula is C25H25F4N5O3. The summed E-state index contributed by atoms with van der Waals surface area (Å²) in [4.78, 5) is 42.8. The number of fused-ring (bicyclic) bond motifs is 4. The number of aromatic amines is 1. The number of hydrogen-bond donors (Lipinski definition) is 3. The fourth-order valence-corrected chi connectivity index (χ4v) is 5.98. The minimum atomic E-state index is -3.20. The van der Waals surface area contributed by atoms with Crippen molar-refractivity contribution in [3.8, 4) is 6.07 Å². The smallest absolute Gasteiger partial charge is 0.271 e. The SMILES string of the molecule is N#CC(CC1CCNC1=O)NC(=O)C1C2CCC(CC2(F)F)N1C(=O)c1cc2c(C(F)F)cccc2[nH]1. The van der Waals surface area contributed by atoms with E-state index >= 15 is 0 Å². The molecule has 0 radical (unpaired) electrons. The first-order chi connectivity index (χ1) is 17.6. The zero-order valence-electron chi connectivity index (χ0n) is 19.6. The van der Waals surface area contributed by atoms with E-state index in [-0.39, 0.29) is 47.3 Å². The van der Waals surface area contributed by atoms with Crippen molar-refractivity contribution in [3.63, 3.8) is 0 Å². The van der Waals surface area contributed by atoms with Gasteiger partial charge in [0, 0.05) is 41.4 Å². The molecule has 3 amide bonds. The molecule has 8 nitrogen and oxygen atoms in total. The maximum Gasteiger partial charge on any atom is 0.271 e. The first-order valence-corrected chi connectivity index (χ1v) is 12.2. The Hall–Kier alpha value is -3.62. The molecule has 6 rings (SSSR count). The Bertz CT molecular complexity index is 1290. The van der Waals surface area contributed by atoms with Crippen LogP contribution in [-0.4, -0.2) is 58.2 Å². The van der Waals surface area contributed by atoms with Crippen LogP contribution in [0.3, 0.4) is 0 Å².